The third-order valence-electron chi connectivity index (χ3n) is 2.61. The van der Waals surface area contributed by atoms with Crippen molar-refractivity contribution in [1.29, 1.82) is 0 Å². The van der Waals surface area contributed by atoms with Crippen molar-refractivity contribution in [3.8, 4) is 0 Å². The number of nitro benzene ring substituents is 1. The highest BCUT2D eigenvalue weighted by Gasteiger charge is 2.20. The highest BCUT2D eigenvalue weighted by atomic mass is 16.6. The van der Waals surface area contributed by atoms with E-state index in [4.69, 9.17) is 10.2 Å². The van der Waals surface area contributed by atoms with Crippen LogP contribution in [-0.2, 0) is 6.54 Å². The van der Waals surface area contributed by atoms with Crippen LogP contribution >= 0.6 is 0 Å². The van der Waals surface area contributed by atoms with Gasteiger partial charge in [-0.25, -0.2) is 0 Å². The minimum atomic E-state index is -0.469. The van der Waals surface area contributed by atoms with Gasteiger partial charge < -0.3 is 15.1 Å². The topological polar surface area (TPSA) is 85.5 Å². The first kappa shape index (κ1) is 12.0. The number of benzene rings is 1. The molecule has 1 aromatic carbocycles. The maximum atomic E-state index is 11.0. The number of nitrogens with zero attached hydrogens (tertiary/aromatic N) is 2. The average molecular weight is 247 g/mol. The van der Waals surface area contributed by atoms with Crippen molar-refractivity contribution in [2.45, 2.75) is 6.54 Å². The standard InChI is InChI=1S/C12H13N3O3/c1-14(8-9-4-3-7-18-9)11-6-2-5-10(13)12(11)15(16)17/h2-7H,8,13H2,1H3. The van der Waals surface area contributed by atoms with Crippen LogP contribution in [0.4, 0.5) is 17.1 Å². The van der Waals surface area contributed by atoms with E-state index in [0.29, 0.717) is 12.2 Å². The molecule has 0 radical (unpaired) electrons. The number of para-hydroxylation sites is 1. The van der Waals surface area contributed by atoms with Gasteiger partial charge in [-0.15, -0.1) is 0 Å². The molecule has 6 heteroatoms. The molecule has 18 heavy (non-hydrogen) atoms. The Hall–Kier alpha value is -2.50. The first-order valence-corrected chi connectivity index (χ1v) is 5.36. The lowest BCUT2D eigenvalue weighted by molar-refractivity contribution is -0.383. The van der Waals surface area contributed by atoms with E-state index in [9.17, 15) is 10.1 Å². The molecule has 0 saturated carbocycles. The van der Waals surface area contributed by atoms with Crippen LogP contribution in [0.2, 0.25) is 0 Å². The average Bonchev–Trinajstić information content (AvgIpc) is 2.80. The Labute approximate surface area is 104 Å². The Kier molecular flexibility index (Phi) is 3.18. The summed E-state index contributed by atoms with van der Waals surface area (Å²) in [5.74, 6) is 0.731. The number of furan rings is 1. The van der Waals surface area contributed by atoms with Crippen molar-refractivity contribution in [3.63, 3.8) is 0 Å². The summed E-state index contributed by atoms with van der Waals surface area (Å²) < 4.78 is 5.21. The van der Waals surface area contributed by atoms with Gasteiger partial charge in [0, 0.05) is 7.05 Å². The van der Waals surface area contributed by atoms with Crippen LogP contribution < -0.4 is 10.6 Å². The van der Waals surface area contributed by atoms with Gasteiger partial charge >= 0.3 is 5.69 Å². The molecule has 0 aliphatic rings. The Morgan fingerprint density at radius 1 is 1.39 bits per heavy atom. The predicted octanol–water partition coefficient (Wildman–Crippen LogP) is 2.41. The van der Waals surface area contributed by atoms with E-state index in [1.54, 1.807) is 36.4 Å². The Bertz CT molecular complexity index is 552. The lowest BCUT2D eigenvalue weighted by Gasteiger charge is -2.18. The van der Waals surface area contributed by atoms with Crippen LogP contribution in [0.5, 0.6) is 0 Å². The summed E-state index contributed by atoms with van der Waals surface area (Å²) in [6.45, 7) is 0.442. The first-order chi connectivity index (χ1) is 8.59. The largest absolute Gasteiger partial charge is 0.467 e. The van der Waals surface area contributed by atoms with Crippen LogP contribution in [0.15, 0.2) is 41.0 Å². The number of nitrogens with two attached hydrogens (primary N) is 1. The number of hydrogen-bond acceptors (Lipinski definition) is 5. The quantitative estimate of drug-likeness (QED) is 0.509. The van der Waals surface area contributed by atoms with Crippen molar-refractivity contribution in [1.82, 2.24) is 0 Å². The molecule has 0 spiro atoms. The van der Waals surface area contributed by atoms with E-state index in [2.05, 4.69) is 0 Å². The Morgan fingerprint density at radius 3 is 2.78 bits per heavy atom. The maximum absolute atomic E-state index is 11.0. The second-order valence-corrected chi connectivity index (χ2v) is 3.91. The molecule has 1 heterocycles. The minimum Gasteiger partial charge on any atom is -0.467 e. The van der Waals surface area contributed by atoms with E-state index in [1.165, 1.54) is 6.07 Å². The lowest BCUT2D eigenvalue weighted by atomic mass is 10.2. The molecule has 0 bridgehead atoms. The SMILES string of the molecule is CN(Cc1ccco1)c1cccc(N)c1[N+](=O)[O-]. The number of rotatable bonds is 4. The summed E-state index contributed by atoms with van der Waals surface area (Å²) in [4.78, 5) is 12.3. The molecule has 0 fully saturated rings. The highest BCUT2D eigenvalue weighted by Crippen LogP contribution is 2.33. The van der Waals surface area contributed by atoms with Gasteiger partial charge in [-0.3, -0.25) is 10.1 Å². The van der Waals surface area contributed by atoms with E-state index in [-0.39, 0.29) is 11.4 Å². The maximum Gasteiger partial charge on any atom is 0.315 e. The molecular weight excluding hydrogens is 234 g/mol. The van der Waals surface area contributed by atoms with Crippen molar-refractivity contribution in [3.05, 3.63) is 52.5 Å². The zero-order chi connectivity index (χ0) is 13.1. The summed E-state index contributed by atoms with van der Waals surface area (Å²) in [6.07, 6.45) is 1.57. The molecule has 6 nitrogen and oxygen atoms in total. The van der Waals surface area contributed by atoms with Crippen molar-refractivity contribution in [2.75, 3.05) is 17.7 Å². The minimum absolute atomic E-state index is 0.0773. The second kappa shape index (κ2) is 4.79. The van der Waals surface area contributed by atoms with E-state index in [0.717, 1.165) is 5.76 Å². The van der Waals surface area contributed by atoms with Gasteiger partial charge in [0.05, 0.1) is 17.7 Å². The van der Waals surface area contributed by atoms with Gasteiger partial charge in [-0.2, -0.15) is 0 Å². The van der Waals surface area contributed by atoms with Crippen molar-refractivity contribution >= 4 is 17.1 Å². The molecule has 94 valence electrons. The number of nitro groups is 1. The van der Waals surface area contributed by atoms with E-state index in [1.807, 2.05) is 6.07 Å². The lowest BCUT2D eigenvalue weighted by Crippen LogP contribution is -2.17. The van der Waals surface area contributed by atoms with Gasteiger partial charge in [0.2, 0.25) is 0 Å². The summed E-state index contributed by atoms with van der Waals surface area (Å²) in [6, 6.07) is 8.46. The second-order valence-electron chi connectivity index (χ2n) is 3.91. The summed E-state index contributed by atoms with van der Waals surface area (Å²) >= 11 is 0. The third-order valence-corrected chi connectivity index (χ3v) is 2.61. The molecule has 0 amide bonds. The van der Waals surface area contributed by atoms with Gasteiger partial charge in [-0.05, 0) is 24.3 Å². The van der Waals surface area contributed by atoms with E-state index < -0.39 is 4.92 Å². The fourth-order valence-corrected chi connectivity index (χ4v) is 1.78. The first-order valence-electron chi connectivity index (χ1n) is 5.36. The zero-order valence-corrected chi connectivity index (χ0v) is 9.87. The summed E-state index contributed by atoms with van der Waals surface area (Å²) in [7, 11) is 1.75. The molecular formula is C12H13N3O3. The summed E-state index contributed by atoms with van der Waals surface area (Å²) in [5.41, 5.74) is 6.19. The highest BCUT2D eigenvalue weighted by molar-refractivity contribution is 5.75. The Balaban J connectivity index is 2.32. The Morgan fingerprint density at radius 2 is 2.17 bits per heavy atom. The molecule has 2 N–H and O–H groups in total. The molecule has 2 aromatic rings. The van der Waals surface area contributed by atoms with Crippen LogP contribution in [0, 0.1) is 10.1 Å². The van der Waals surface area contributed by atoms with Crippen molar-refractivity contribution < 1.29 is 9.34 Å². The molecule has 1 aromatic heterocycles. The van der Waals surface area contributed by atoms with Crippen LogP contribution in [-0.4, -0.2) is 12.0 Å². The number of anilines is 2. The van der Waals surface area contributed by atoms with Crippen LogP contribution in [0.25, 0.3) is 0 Å². The van der Waals surface area contributed by atoms with Crippen LogP contribution in [0.1, 0.15) is 5.76 Å². The normalized spacial score (nSPS) is 10.3. The summed E-state index contributed by atoms with van der Waals surface area (Å²) in [5, 5.41) is 11.0. The monoisotopic (exact) mass is 247 g/mol. The predicted molar refractivity (Wildman–Crippen MR) is 68.3 cm³/mol. The van der Waals surface area contributed by atoms with Crippen LogP contribution in [0.3, 0.4) is 0 Å². The number of hydrogen-bond donors (Lipinski definition) is 1. The molecule has 0 atom stereocenters. The van der Waals surface area contributed by atoms with Gasteiger partial charge in [0.25, 0.3) is 0 Å². The fourth-order valence-electron chi connectivity index (χ4n) is 1.78. The fraction of sp³-hybridized carbons (Fsp3) is 0.167. The van der Waals surface area contributed by atoms with Gasteiger partial charge in [0.15, 0.2) is 0 Å². The molecule has 2 rings (SSSR count). The molecule has 0 saturated heterocycles. The molecule has 0 aliphatic carbocycles. The molecule has 0 aliphatic heterocycles. The molecule has 0 unspecified atom stereocenters. The third kappa shape index (κ3) is 2.27. The van der Waals surface area contributed by atoms with Gasteiger partial charge in [-0.1, -0.05) is 6.07 Å². The van der Waals surface area contributed by atoms with Crippen molar-refractivity contribution in [2.24, 2.45) is 0 Å². The number of nitrogen functional groups attached to an aromatic ring is 1. The van der Waals surface area contributed by atoms with E-state index >= 15 is 0 Å². The van der Waals surface area contributed by atoms with Gasteiger partial charge in [0.1, 0.15) is 17.1 Å². The smallest absolute Gasteiger partial charge is 0.315 e. The zero-order valence-electron chi connectivity index (χ0n) is 9.87.